The normalized spacial score (nSPS) is 27.7. The van der Waals surface area contributed by atoms with Crippen molar-refractivity contribution in [2.75, 3.05) is 84.3 Å². The Morgan fingerprint density at radius 3 is 1.23 bits per heavy atom. The number of aromatic nitrogens is 2. The Hall–Kier alpha value is -1.27. The molecule has 728 valence electrons. The van der Waals surface area contributed by atoms with Gasteiger partial charge in [0.05, 0.1) is 45.3 Å². The number of hydrogen-bond acceptors (Lipinski definition) is 34. The van der Waals surface area contributed by atoms with Crippen LogP contribution in [-0.2, 0) is 146 Å². The summed E-state index contributed by atoms with van der Waals surface area (Å²) in [5.41, 5.74) is 24.2. The van der Waals surface area contributed by atoms with E-state index in [1.54, 1.807) is 66.2 Å². The number of imidazole rings is 1. The molecular weight excluding hydrogens is 2010 g/mol. The molecule has 0 aliphatic carbocycles. The monoisotopic (exact) mass is 2140 g/mol. The number of carbonyl (C=O) groups is 6. The van der Waals surface area contributed by atoms with Crippen LogP contribution >= 0.6 is 139 Å². The average Bonchev–Trinajstić information content (AvgIpc) is 1.59. The summed E-state index contributed by atoms with van der Waals surface area (Å²) in [4.78, 5) is 128. The van der Waals surface area contributed by atoms with Crippen molar-refractivity contribution < 1.29 is 171 Å². The maximum absolute atomic E-state index is 15.1. The van der Waals surface area contributed by atoms with Gasteiger partial charge in [-0.15, -0.1) is 22.7 Å². The Morgan fingerprint density at radius 2 is 0.944 bits per heavy atom. The number of anilines is 2. The molecule has 0 radical (unpaired) electrons. The molecule has 12 unspecified atom stereocenters. The topological polar surface area (TPSA) is 523 Å². The second kappa shape index (κ2) is 58.9. The number of ether oxygens (including phenoxy) is 12. The number of rotatable bonds is 31. The van der Waals surface area contributed by atoms with Gasteiger partial charge in [0, 0.05) is 63.1 Å². The van der Waals surface area contributed by atoms with Gasteiger partial charge >= 0.3 is 87.4 Å². The predicted octanol–water partition coefficient (Wildman–Crippen LogP) is 10.1. The minimum atomic E-state index is -5.38. The summed E-state index contributed by atoms with van der Waals surface area (Å²) in [5, 5.41) is 3.29. The van der Waals surface area contributed by atoms with Crippen molar-refractivity contribution in [3.63, 3.8) is 0 Å². The molecule has 13 N–H and O–H groups in total. The number of phosphoric ester groups is 1. The van der Waals surface area contributed by atoms with Crippen LogP contribution in [-0.4, -0.2) is 250 Å². The number of halogens is 5. The zero-order chi connectivity index (χ0) is 92.4. The van der Waals surface area contributed by atoms with Gasteiger partial charge in [0.25, 0.3) is 11.8 Å². The van der Waals surface area contributed by atoms with Crippen molar-refractivity contribution in [1.82, 2.24) is 19.1 Å². The maximum atomic E-state index is 15.1. The van der Waals surface area contributed by atoms with E-state index in [0.29, 0.717) is 11.1 Å². The number of nitrogens with zero attached hydrogens (tertiary/aromatic N) is 4. The summed E-state index contributed by atoms with van der Waals surface area (Å²) >= 11 is 10.7. The first-order valence-corrected chi connectivity index (χ1v) is 55.3. The van der Waals surface area contributed by atoms with E-state index in [-0.39, 0.29) is 95.2 Å². The number of phosphoric acid groups is 1. The molecule has 38 nitrogen and oxygen atoms in total. The summed E-state index contributed by atoms with van der Waals surface area (Å²) in [7, 11) is -0.932. The molecule has 3 aromatic heterocycles. The van der Waals surface area contributed by atoms with E-state index in [1.165, 1.54) is 58.6 Å². The van der Waals surface area contributed by atoms with Crippen LogP contribution in [0.1, 0.15) is 169 Å². The molecule has 23 atom stereocenters. The van der Waals surface area contributed by atoms with E-state index in [9.17, 15) is 71.1 Å². The van der Waals surface area contributed by atoms with E-state index in [4.69, 9.17) is 135 Å². The summed E-state index contributed by atoms with van der Waals surface area (Å²) in [6, 6.07) is 0. The number of hydrogen-bond donors (Lipinski definition) is 9. The molecule has 3 aromatic rings. The number of nitrogen functional groups attached to an aromatic ring is 2. The number of thiophene rings is 2. The van der Waals surface area contributed by atoms with Crippen LogP contribution in [0.4, 0.5) is 24.5 Å². The van der Waals surface area contributed by atoms with Gasteiger partial charge in [-0.2, -0.15) is 67.5 Å². The molecule has 9 heterocycles. The van der Waals surface area contributed by atoms with Gasteiger partial charge in [-0.25, -0.2) is 31.5 Å². The van der Waals surface area contributed by atoms with Crippen LogP contribution in [0.15, 0.2) is 29.5 Å². The van der Waals surface area contributed by atoms with Crippen molar-refractivity contribution >= 4 is 209 Å². The van der Waals surface area contributed by atoms with Crippen LogP contribution in [0.25, 0.3) is 0 Å². The van der Waals surface area contributed by atoms with E-state index >= 15 is 4.39 Å². The minimum absolute atomic E-state index is 0. The quantitative estimate of drug-likeness (QED) is 0.0125. The van der Waals surface area contributed by atoms with Crippen LogP contribution in [0.5, 0.6) is 0 Å². The second-order valence-corrected chi connectivity index (χ2v) is 43.2. The van der Waals surface area contributed by atoms with E-state index in [0.717, 1.165) is 54.1 Å². The van der Waals surface area contributed by atoms with Gasteiger partial charge in [0.15, 0.2) is 36.1 Å². The fourth-order valence-electron chi connectivity index (χ4n) is 13.0. The molecule has 0 saturated carbocycles. The van der Waals surface area contributed by atoms with Gasteiger partial charge in [0.2, 0.25) is 12.6 Å². The Morgan fingerprint density at radius 1 is 0.608 bits per heavy atom. The van der Waals surface area contributed by atoms with Gasteiger partial charge in [-0.1, -0.05) is 69.2 Å². The number of carbonyl (C=O) groups excluding carboxylic acids is 6. The van der Waals surface area contributed by atoms with Crippen molar-refractivity contribution in [1.29, 1.82) is 0 Å². The van der Waals surface area contributed by atoms with E-state index in [2.05, 4.69) is 68.1 Å². The third-order valence-electron chi connectivity index (χ3n) is 19.1. The molecule has 2 amide bonds. The van der Waals surface area contributed by atoms with Crippen molar-refractivity contribution in [2.45, 2.75) is 234 Å². The number of nitrogens with two attached hydrogens (primary N) is 4. The molecule has 9 rings (SSSR count). The average molecular weight is 2140 g/mol. The fraction of sp³-hybridized carbons (Fsp3) is 0.750. The molecule has 0 aromatic carbocycles. The molecule has 0 bridgehead atoms. The zero-order valence-corrected chi connectivity index (χ0v) is 88.6. The fourth-order valence-corrected chi connectivity index (χ4v) is 19.3. The van der Waals surface area contributed by atoms with Gasteiger partial charge in [0.1, 0.15) is 78.1 Å². The third kappa shape index (κ3) is 39.9. The molecule has 6 saturated heterocycles. The molecule has 6 fully saturated rings. The third-order valence-corrected chi connectivity index (χ3v) is 26.8. The first kappa shape index (κ1) is 126. The Labute approximate surface area is 797 Å². The van der Waals surface area contributed by atoms with E-state index < -0.39 is 240 Å². The Kier molecular flexibility index (Phi) is 59.3. The zero-order valence-electron chi connectivity index (χ0n) is 73.3. The van der Waals surface area contributed by atoms with Crippen LogP contribution in [0.2, 0.25) is 0 Å². The second-order valence-electron chi connectivity index (χ2n) is 28.2. The SMILES string of the molecule is CC(=O)OC[C@H](F)C1O[C@@H](OP(=O)(O)OP(O)(=S)OC[C@H]2O[C@@H](c3csc(C(N)=O)c3N)C3OC(C)(C)O[C@H]32)C(OC(C)=O)[C@@H](C)[C@@H]1C.CC(=O)OC[C@H](F)C1O[C@@H](OP(=O)(O)n2ccnc2)C(OC(C)=O)[C@@H](C)[C@@H]1C.CC1(C)OC2C(COP(O)(O)=S)OC(c3csc(C(N)=O)c3N)C2O1.CCN(CC)CC.CCN(CC)CC.S.S.S.S.S.[2H]CF.[Cl][Zn][Cl]. The number of primary amides is 2. The molecule has 125 heavy (non-hydrogen) atoms. The first-order chi connectivity index (χ1) is 56.1. The Bertz CT molecular complexity index is 3960. The summed E-state index contributed by atoms with van der Waals surface area (Å²) in [6.07, 6.45) is -13.9. The summed E-state index contributed by atoms with van der Waals surface area (Å²) in [6.45, 7) is 27.8. The van der Waals surface area contributed by atoms with Crippen molar-refractivity contribution in [3.8, 4) is 0 Å². The van der Waals surface area contributed by atoms with Crippen molar-refractivity contribution in [3.05, 3.63) is 50.4 Å². The predicted molar refractivity (Wildman–Crippen MR) is 491 cm³/mol. The first-order valence-electron chi connectivity index (χ1n) is 38.2. The number of alkyl halides is 3. The summed E-state index contributed by atoms with van der Waals surface area (Å²) < 4.78 is 164. The van der Waals surface area contributed by atoms with Gasteiger partial charge < -0.3 is 123 Å². The van der Waals surface area contributed by atoms with Crippen LogP contribution < -0.4 is 22.9 Å². The van der Waals surface area contributed by atoms with Gasteiger partial charge in [-0.05, 0) is 113 Å². The molecule has 57 heteroatoms. The Balaban J connectivity index is -0.00000166. The standard InChI is InChI=1S/C26H39FN2O15P2S2.C16H24FN2O8P.C13H19N2O7PS2.2C6H15N.CH3F.2ClH.5H2S.Zn/c1-10-11(2)19(38-13(4)31)25(40-18(10)15(27)7-36-12(3)30)43-45(33,34)44-46(35,47)37-8-16-21-22(42-26(5,6)41-21)20(39-16)14-9-48-23(17(14)28)24(29)32;1-9-10(2)15(25-12(4)21)16(26-14(9)13(17)7-24-11(3)20)27-28(22,23)19-6-5-18-8-19;1-13(2)21-9-6(3-19-23(17,18)24)20-8(10(9)22-13)5-4-25-11(7(5)14)12(15)16;2*1-4-7(5-2)6-3;1-2;;;;;;;;/h9-11,15-16,18-22,25H,7-8,28H2,1-6H3,(H2,29,32)(H,33,34)(H,35,47);5-6,8-10,13-16H,7H2,1-4H3,(H,22,23);4,6,8-10H,3,14H2,1-2H3,(H2,15,16)(H2,17,18,24);2*4-6H2,1-3H3;1H3;2*1H;5*1H2;/q;;;;;;;;;;;;;+2/p-2/t10-,11-,15-,16+,18?,19?,20-,21-,22?,25-,46?;9-,10-,13-,14?,15?,16-;;;;;;;;;;;;/m00............/s1/i;;;;;1D;;;;;;;;. The van der Waals surface area contributed by atoms with Gasteiger partial charge in [-0.3, -0.25) is 42.2 Å². The molecule has 0 spiro atoms. The van der Waals surface area contributed by atoms with Crippen LogP contribution in [0.3, 0.4) is 0 Å². The molecule has 6 aliphatic heterocycles. The van der Waals surface area contributed by atoms with Crippen LogP contribution in [0, 0.1) is 23.7 Å². The molecule has 6 aliphatic rings. The number of amides is 2. The van der Waals surface area contributed by atoms with E-state index in [1.807, 2.05) is 0 Å². The number of fused-ring (bicyclic) bond motifs is 2. The number of esters is 4. The van der Waals surface area contributed by atoms with Crippen molar-refractivity contribution in [2.24, 2.45) is 35.1 Å². The summed E-state index contributed by atoms with van der Waals surface area (Å²) in [5.74, 6) is -8.39. The molecular formula is C68H125Cl2F3N8O30P4S9Zn.